The molecule has 0 atom stereocenters. The molecule has 0 saturated carbocycles. The molecule has 0 heterocycles. The summed E-state index contributed by atoms with van der Waals surface area (Å²) in [4.78, 5) is 0. The second kappa shape index (κ2) is 6.18. The topological polar surface area (TPSA) is 24.1 Å². The minimum atomic E-state index is 0.230. The van der Waals surface area contributed by atoms with Crippen LogP contribution in [-0.2, 0) is 0 Å². The van der Waals surface area contributed by atoms with E-state index in [9.17, 15) is 0 Å². The summed E-state index contributed by atoms with van der Waals surface area (Å²) < 4.78 is 0. The average Bonchev–Trinajstić information content (AvgIpc) is 2.13. The van der Waals surface area contributed by atoms with Crippen LogP contribution in [0.4, 0.5) is 0 Å². The van der Waals surface area contributed by atoms with Gasteiger partial charge in [0.1, 0.15) is 0 Å². The first-order valence-electron chi connectivity index (χ1n) is 6.48. The molecule has 1 aromatic rings. The van der Waals surface area contributed by atoms with Gasteiger partial charge in [-0.15, -0.1) is 0 Å². The van der Waals surface area contributed by atoms with Crippen molar-refractivity contribution >= 4 is 0 Å². The van der Waals surface area contributed by atoms with Crippen LogP contribution in [0, 0.1) is 13.8 Å². The SMILES string of the molecule is Cc1cc(C)cc(C(NC(C)C)NC(C)C)c1. The van der Waals surface area contributed by atoms with E-state index in [0.29, 0.717) is 12.1 Å². The van der Waals surface area contributed by atoms with Gasteiger partial charge in [-0.1, -0.05) is 29.3 Å². The molecular weight excluding hydrogens is 208 g/mol. The van der Waals surface area contributed by atoms with Gasteiger partial charge < -0.3 is 0 Å². The predicted molar refractivity (Wildman–Crippen MR) is 75.2 cm³/mol. The van der Waals surface area contributed by atoms with E-state index < -0.39 is 0 Å². The molecule has 2 heteroatoms. The lowest BCUT2D eigenvalue weighted by Crippen LogP contribution is -2.41. The van der Waals surface area contributed by atoms with Gasteiger partial charge in [0.2, 0.25) is 0 Å². The molecule has 2 N–H and O–H groups in total. The maximum absolute atomic E-state index is 3.57. The van der Waals surface area contributed by atoms with Crippen molar-refractivity contribution in [2.24, 2.45) is 0 Å². The molecule has 0 saturated heterocycles. The van der Waals surface area contributed by atoms with Crippen LogP contribution in [-0.4, -0.2) is 12.1 Å². The number of aryl methyl sites for hydroxylation is 2. The molecule has 0 aliphatic heterocycles. The van der Waals surface area contributed by atoms with Gasteiger partial charge in [-0.05, 0) is 47.1 Å². The van der Waals surface area contributed by atoms with E-state index in [0.717, 1.165) is 0 Å². The Hall–Kier alpha value is -0.860. The molecular formula is C15H26N2. The fourth-order valence-corrected chi connectivity index (χ4v) is 2.08. The lowest BCUT2D eigenvalue weighted by atomic mass is 10.0. The molecule has 0 spiro atoms. The van der Waals surface area contributed by atoms with E-state index in [1.165, 1.54) is 16.7 Å². The lowest BCUT2D eigenvalue weighted by Gasteiger charge is -2.26. The molecule has 17 heavy (non-hydrogen) atoms. The van der Waals surface area contributed by atoms with Crippen LogP contribution in [0.1, 0.15) is 50.6 Å². The van der Waals surface area contributed by atoms with Crippen LogP contribution < -0.4 is 10.6 Å². The van der Waals surface area contributed by atoms with Crippen molar-refractivity contribution in [2.75, 3.05) is 0 Å². The van der Waals surface area contributed by atoms with Crippen molar-refractivity contribution in [2.45, 2.75) is 59.8 Å². The summed E-state index contributed by atoms with van der Waals surface area (Å²) in [5, 5.41) is 7.14. The third-order valence-corrected chi connectivity index (χ3v) is 2.58. The summed E-state index contributed by atoms with van der Waals surface area (Å²) in [5.41, 5.74) is 3.96. The van der Waals surface area contributed by atoms with Crippen LogP contribution in [0.25, 0.3) is 0 Å². The van der Waals surface area contributed by atoms with E-state index in [1.54, 1.807) is 0 Å². The molecule has 0 amide bonds. The fourth-order valence-electron chi connectivity index (χ4n) is 2.08. The minimum absolute atomic E-state index is 0.230. The van der Waals surface area contributed by atoms with Gasteiger partial charge in [-0.3, -0.25) is 10.6 Å². The van der Waals surface area contributed by atoms with Crippen LogP contribution >= 0.6 is 0 Å². The van der Waals surface area contributed by atoms with Crippen molar-refractivity contribution in [3.8, 4) is 0 Å². The molecule has 0 aliphatic carbocycles. The Bertz CT molecular complexity index is 326. The Morgan fingerprint density at radius 1 is 0.765 bits per heavy atom. The van der Waals surface area contributed by atoms with Gasteiger partial charge >= 0.3 is 0 Å². The third kappa shape index (κ3) is 4.88. The van der Waals surface area contributed by atoms with Crippen LogP contribution in [0.3, 0.4) is 0 Å². The lowest BCUT2D eigenvalue weighted by molar-refractivity contribution is 0.375. The van der Waals surface area contributed by atoms with Crippen molar-refractivity contribution in [3.63, 3.8) is 0 Å². The summed E-state index contributed by atoms with van der Waals surface area (Å²) in [6.07, 6.45) is 0.230. The average molecular weight is 234 g/mol. The number of hydrogen-bond donors (Lipinski definition) is 2. The van der Waals surface area contributed by atoms with Gasteiger partial charge in [-0.2, -0.15) is 0 Å². The first kappa shape index (κ1) is 14.2. The second-order valence-electron chi connectivity index (χ2n) is 5.50. The van der Waals surface area contributed by atoms with Gasteiger partial charge in [0.05, 0.1) is 6.17 Å². The Balaban J connectivity index is 2.94. The Morgan fingerprint density at radius 2 is 1.18 bits per heavy atom. The van der Waals surface area contributed by atoms with Crippen LogP contribution in [0.5, 0.6) is 0 Å². The molecule has 1 rings (SSSR count). The van der Waals surface area contributed by atoms with E-state index >= 15 is 0 Å². The monoisotopic (exact) mass is 234 g/mol. The van der Waals surface area contributed by atoms with E-state index in [1.807, 2.05) is 0 Å². The summed E-state index contributed by atoms with van der Waals surface area (Å²) in [5.74, 6) is 0. The van der Waals surface area contributed by atoms with Gasteiger partial charge in [-0.25, -0.2) is 0 Å². The highest BCUT2D eigenvalue weighted by molar-refractivity contribution is 5.30. The highest BCUT2D eigenvalue weighted by atomic mass is 15.1. The molecule has 0 unspecified atom stereocenters. The van der Waals surface area contributed by atoms with Crippen molar-refractivity contribution < 1.29 is 0 Å². The molecule has 0 aromatic heterocycles. The second-order valence-corrected chi connectivity index (χ2v) is 5.50. The molecule has 96 valence electrons. The van der Waals surface area contributed by atoms with E-state index in [2.05, 4.69) is 70.4 Å². The van der Waals surface area contributed by atoms with Crippen molar-refractivity contribution in [1.29, 1.82) is 0 Å². The fraction of sp³-hybridized carbons (Fsp3) is 0.600. The summed E-state index contributed by atoms with van der Waals surface area (Å²) in [6.45, 7) is 13.0. The van der Waals surface area contributed by atoms with Gasteiger partial charge in [0.15, 0.2) is 0 Å². The highest BCUT2D eigenvalue weighted by Crippen LogP contribution is 2.16. The Kier molecular flexibility index (Phi) is 5.16. The molecule has 2 nitrogen and oxygen atoms in total. The summed E-state index contributed by atoms with van der Waals surface area (Å²) in [6, 6.07) is 7.65. The minimum Gasteiger partial charge on any atom is -0.296 e. The maximum atomic E-state index is 3.57. The number of benzene rings is 1. The zero-order chi connectivity index (χ0) is 13.0. The molecule has 0 aliphatic rings. The smallest absolute Gasteiger partial charge is 0.0839 e. The maximum Gasteiger partial charge on any atom is 0.0839 e. The normalized spacial score (nSPS) is 11.8. The summed E-state index contributed by atoms with van der Waals surface area (Å²) >= 11 is 0. The highest BCUT2D eigenvalue weighted by Gasteiger charge is 2.13. The van der Waals surface area contributed by atoms with Gasteiger partial charge in [0, 0.05) is 12.1 Å². The van der Waals surface area contributed by atoms with E-state index in [4.69, 9.17) is 0 Å². The largest absolute Gasteiger partial charge is 0.296 e. The first-order valence-corrected chi connectivity index (χ1v) is 6.48. The Morgan fingerprint density at radius 3 is 1.53 bits per heavy atom. The Labute approximate surface area is 106 Å². The molecule has 0 radical (unpaired) electrons. The zero-order valence-corrected chi connectivity index (χ0v) is 12.0. The number of rotatable bonds is 5. The van der Waals surface area contributed by atoms with E-state index in [-0.39, 0.29) is 6.17 Å². The number of nitrogens with one attached hydrogen (secondary N) is 2. The third-order valence-electron chi connectivity index (χ3n) is 2.58. The van der Waals surface area contributed by atoms with Crippen molar-refractivity contribution in [3.05, 3.63) is 34.9 Å². The number of hydrogen-bond acceptors (Lipinski definition) is 2. The molecule has 1 aromatic carbocycles. The quantitative estimate of drug-likeness (QED) is 0.764. The first-order chi connectivity index (χ1) is 7.88. The predicted octanol–water partition coefficient (Wildman–Crippen LogP) is 3.30. The molecule has 0 bridgehead atoms. The van der Waals surface area contributed by atoms with Gasteiger partial charge in [0.25, 0.3) is 0 Å². The van der Waals surface area contributed by atoms with Crippen LogP contribution in [0.15, 0.2) is 18.2 Å². The van der Waals surface area contributed by atoms with Crippen LogP contribution in [0.2, 0.25) is 0 Å². The standard InChI is InChI=1S/C15H26N2/c1-10(2)16-15(17-11(3)4)14-8-12(5)7-13(6)9-14/h7-11,15-17H,1-6H3. The summed E-state index contributed by atoms with van der Waals surface area (Å²) in [7, 11) is 0. The molecule has 0 fully saturated rings. The van der Waals surface area contributed by atoms with Crippen molar-refractivity contribution in [1.82, 2.24) is 10.6 Å². The zero-order valence-electron chi connectivity index (χ0n) is 12.0.